The van der Waals surface area contributed by atoms with Crippen molar-refractivity contribution in [3.8, 4) is 0 Å². The molecule has 0 aromatic heterocycles. The zero-order chi connectivity index (χ0) is 13.3. The minimum Gasteiger partial charge on any atom is -0.378 e. The number of morpholine rings is 1. The molecule has 6 heteroatoms. The van der Waals surface area contributed by atoms with Crippen molar-refractivity contribution >= 4 is 11.9 Å². The Labute approximate surface area is 113 Å². The van der Waals surface area contributed by atoms with Gasteiger partial charge < -0.3 is 19.9 Å². The minimum absolute atomic E-state index is 0.110. The van der Waals surface area contributed by atoms with Gasteiger partial charge in [0.25, 0.3) is 0 Å². The summed E-state index contributed by atoms with van der Waals surface area (Å²) >= 11 is 0. The first-order chi connectivity index (χ1) is 9.19. The minimum atomic E-state index is 0.110. The average molecular weight is 267 g/mol. The standard InChI is InChI=1S/C13H21N3O3/c17-11-9-13(10-14-11)1-3-15(4-2-13)12(18)16-5-7-19-8-6-16/h1-10H2,(H,14,17). The van der Waals surface area contributed by atoms with E-state index in [0.29, 0.717) is 32.7 Å². The zero-order valence-corrected chi connectivity index (χ0v) is 11.2. The summed E-state index contributed by atoms with van der Waals surface area (Å²) in [6.07, 6.45) is 2.50. The number of nitrogens with zero attached hydrogens (tertiary/aromatic N) is 2. The lowest BCUT2D eigenvalue weighted by Crippen LogP contribution is -2.52. The maximum atomic E-state index is 12.3. The summed E-state index contributed by atoms with van der Waals surface area (Å²) in [6, 6.07) is 0.135. The van der Waals surface area contributed by atoms with E-state index in [1.807, 2.05) is 9.80 Å². The molecule has 3 fully saturated rings. The second-order valence-corrected chi connectivity index (χ2v) is 5.82. The summed E-state index contributed by atoms with van der Waals surface area (Å²) < 4.78 is 5.27. The van der Waals surface area contributed by atoms with Crippen LogP contribution in [0.1, 0.15) is 19.3 Å². The molecule has 106 valence electrons. The Kier molecular flexibility index (Phi) is 3.35. The van der Waals surface area contributed by atoms with Crippen molar-refractivity contribution in [2.75, 3.05) is 45.9 Å². The quantitative estimate of drug-likeness (QED) is 0.674. The number of hydrogen-bond acceptors (Lipinski definition) is 3. The van der Waals surface area contributed by atoms with Gasteiger partial charge in [0.1, 0.15) is 0 Å². The SMILES string of the molecule is O=C1CC2(CCN(C(=O)N3CCOCC3)CC2)CN1. The molecule has 0 radical (unpaired) electrons. The number of urea groups is 1. The Bertz CT molecular complexity index is 371. The predicted octanol–water partition coefficient (Wildman–Crippen LogP) is 0.0407. The van der Waals surface area contributed by atoms with Crippen LogP contribution >= 0.6 is 0 Å². The second-order valence-electron chi connectivity index (χ2n) is 5.82. The van der Waals surface area contributed by atoms with Crippen LogP contribution in [0.4, 0.5) is 4.79 Å². The molecule has 19 heavy (non-hydrogen) atoms. The summed E-state index contributed by atoms with van der Waals surface area (Å²) in [5.74, 6) is 0.160. The number of likely N-dealkylation sites (tertiary alicyclic amines) is 1. The molecule has 0 saturated carbocycles. The third-order valence-electron chi connectivity index (χ3n) is 4.57. The van der Waals surface area contributed by atoms with E-state index >= 15 is 0 Å². The van der Waals surface area contributed by atoms with E-state index in [1.54, 1.807) is 0 Å². The van der Waals surface area contributed by atoms with Gasteiger partial charge in [0.2, 0.25) is 5.91 Å². The monoisotopic (exact) mass is 267 g/mol. The third-order valence-corrected chi connectivity index (χ3v) is 4.57. The molecule has 0 aromatic carbocycles. The maximum Gasteiger partial charge on any atom is 0.320 e. The van der Waals surface area contributed by atoms with Crippen molar-refractivity contribution in [1.29, 1.82) is 0 Å². The molecule has 3 saturated heterocycles. The Morgan fingerprint density at radius 2 is 1.74 bits per heavy atom. The van der Waals surface area contributed by atoms with E-state index in [9.17, 15) is 9.59 Å². The summed E-state index contributed by atoms with van der Waals surface area (Å²) in [4.78, 5) is 27.5. The normalized spacial score (nSPS) is 26.6. The maximum absolute atomic E-state index is 12.3. The lowest BCUT2D eigenvalue weighted by molar-refractivity contribution is -0.119. The fraction of sp³-hybridized carbons (Fsp3) is 0.846. The summed E-state index contributed by atoms with van der Waals surface area (Å²) in [6.45, 7) is 4.99. The molecule has 6 nitrogen and oxygen atoms in total. The molecule has 3 rings (SSSR count). The molecule has 3 aliphatic heterocycles. The van der Waals surface area contributed by atoms with Gasteiger partial charge in [0.05, 0.1) is 13.2 Å². The molecule has 0 bridgehead atoms. The number of nitrogens with one attached hydrogen (secondary N) is 1. The highest BCUT2D eigenvalue weighted by atomic mass is 16.5. The molecule has 1 N–H and O–H groups in total. The molecule has 0 unspecified atom stereocenters. The van der Waals surface area contributed by atoms with E-state index in [0.717, 1.165) is 32.5 Å². The van der Waals surface area contributed by atoms with E-state index in [2.05, 4.69) is 5.32 Å². The summed E-state index contributed by atoms with van der Waals surface area (Å²) in [5.41, 5.74) is 0.110. The van der Waals surface area contributed by atoms with Gasteiger partial charge in [-0.3, -0.25) is 4.79 Å². The van der Waals surface area contributed by atoms with E-state index in [1.165, 1.54) is 0 Å². The number of amides is 3. The number of piperidine rings is 1. The van der Waals surface area contributed by atoms with Gasteiger partial charge in [-0.25, -0.2) is 4.79 Å². The molecule has 0 aliphatic carbocycles. The number of carbonyl (C=O) groups excluding carboxylic acids is 2. The van der Waals surface area contributed by atoms with Crippen molar-refractivity contribution in [2.45, 2.75) is 19.3 Å². The number of carbonyl (C=O) groups is 2. The Hall–Kier alpha value is -1.30. The van der Waals surface area contributed by atoms with E-state index in [-0.39, 0.29) is 17.4 Å². The van der Waals surface area contributed by atoms with Crippen LogP contribution in [0.25, 0.3) is 0 Å². The molecule has 0 aromatic rings. The predicted molar refractivity (Wildman–Crippen MR) is 68.7 cm³/mol. The van der Waals surface area contributed by atoms with E-state index < -0.39 is 0 Å². The highest BCUT2D eigenvalue weighted by molar-refractivity contribution is 5.79. The zero-order valence-electron chi connectivity index (χ0n) is 11.2. The van der Waals surface area contributed by atoms with Gasteiger partial charge in [0.15, 0.2) is 0 Å². The van der Waals surface area contributed by atoms with E-state index in [4.69, 9.17) is 4.74 Å². The Morgan fingerprint density at radius 1 is 1.11 bits per heavy atom. The molecule has 3 aliphatic rings. The Morgan fingerprint density at radius 3 is 2.32 bits per heavy atom. The van der Waals surface area contributed by atoms with Crippen LogP contribution in [-0.4, -0.2) is 67.7 Å². The lowest BCUT2D eigenvalue weighted by Gasteiger charge is -2.40. The molecule has 3 heterocycles. The van der Waals surface area contributed by atoms with Crippen molar-refractivity contribution in [3.05, 3.63) is 0 Å². The first-order valence-electron chi connectivity index (χ1n) is 7.07. The highest BCUT2D eigenvalue weighted by Gasteiger charge is 2.42. The van der Waals surface area contributed by atoms with Crippen LogP contribution in [0.15, 0.2) is 0 Å². The smallest absolute Gasteiger partial charge is 0.320 e. The molecule has 1 spiro atoms. The first-order valence-corrected chi connectivity index (χ1v) is 7.07. The van der Waals surface area contributed by atoms with Crippen molar-refractivity contribution < 1.29 is 14.3 Å². The summed E-state index contributed by atoms with van der Waals surface area (Å²) in [5, 5.41) is 2.92. The number of ether oxygens (including phenoxy) is 1. The van der Waals surface area contributed by atoms with Gasteiger partial charge in [0, 0.05) is 39.1 Å². The Balaban J connectivity index is 1.54. The molecule has 0 atom stereocenters. The third kappa shape index (κ3) is 2.54. The van der Waals surface area contributed by atoms with Gasteiger partial charge in [-0.05, 0) is 18.3 Å². The number of rotatable bonds is 0. The molecule has 3 amide bonds. The van der Waals surface area contributed by atoms with Crippen molar-refractivity contribution in [2.24, 2.45) is 5.41 Å². The van der Waals surface area contributed by atoms with Crippen LogP contribution in [0.3, 0.4) is 0 Å². The summed E-state index contributed by atoms with van der Waals surface area (Å²) in [7, 11) is 0. The van der Waals surface area contributed by atoms with Crippen LogP contribution in [0, 0.1) is 5.41 Å². The van der Waals surface area contributed by atoms with Crippen LogP contribution in [-0.2, 0) is 9.53 Å². The lowest BCUT2D eigenvalue weighted by atomic mass is 9.78. The van der Waals surface area contributed by atoms with Crippen LogP contribution in [0.5, 0.6) is 0 Å². The van der Waals surface area contributed by atoms with Gasteiger partial charge >= 0.3 is 6.03 Å². The fourth-order valence-corrected chi connectivity index (χ4v) is 3.23. The first kappa shape index (κ1) is 12.7. The molecular formula is C13H21N3O3. The van der Waals surface area contributed by atoms with Crippen LogP contribution in [0.2, 0.25) is 0 Å². The fourth-order valence-electron chi connectivity index (χ4n) is 3.23. The van der Waals surface area contributed by atoms with Crippen molar-refractivity contribution in [3.63, 3.8) is 0 Å². The van der Waals surface area contributed by atoms with Gasteiger partial charge in [-0.1, -0.05) is 0 Å². The van der Waals surface area contributed by atoms with Crippen molar-refractivity contribution in [1.82, 2.24) is 15.1 Å². The van der Waals surface area contributed by atoms with Crippen LogP contribution < -0.4 is 5.32 Å². The van der Waals surface area contributed by atoms with Gasteiger partial charge in [-0.2, -0.15) is 0 Å². The highest BCUT2D eigenvalue weighted by Crippen LogP contribution is 2.37. The molecular weight excluding hydrogens is 246 g/mol. The average Bonchev–Trinajstić information content (AvgIpc) is 2.81. The largest absolute Gasteiger partial charge is 0.378 e. The number of hydrogen-bond donors (Lipinski definition) is 1. The second kappa shape index (κ2) is 5.00. The van der Waals surface area contributed by atoms with Gasteiger partial charge in [-0.15, -0.1) is 0 Å². The topological polar surface area (TPSA) is 61.9 Å².